The van der Waals surface area contributed by atoms with Gasteiger partial charge in [0.25, 0.3) is 5.91 Å². The van der Waals surface area contributed by atoms with Crippen molar-refractivity contribution >= 4 is 45.5 Å². The second kappa shape index (κ2) is 7.86. The number of aromatic hydroxyl groups is 1. The fourth-order valence-corrected chi connectivity index (χ4v) is 3.78. The molecule has 0 fully saturated rings. The molecule has 3 aromatic carbocycles. The zero-order valence-corrected chi connectivity index (χ0v) is 17.5. The Hall–Kier alpha value is -4.10. The van der Waals surface area contributed by atoms with Crippen molar-refractivity contribution in [3.05, 3.63) is 88.9 Å². The number of benzene rings is 3. The molecule has 5 aromatic rings. The van der Waals surface area contributed by atoms with Gasteiger partial charge in [-0.2, -0.15) is 0 Å². The lowest BCUT2D eigenvalue weighted by molar-refractivity contribution is 0.0953. The number of carbonyl (C=O) groups is 1. The molecule has 1 amide bonds. The average molecular weight is 444 g/mol. The molecule has 5 rings (SSSR count). The molecule has 0 saturated heterocycles. The number of fused-ring (bicyclic) bond motifs is 2. The van der Waals surface area contributed by atoms with Gasteiger partial charge in [0.05, 0.1) is 16.7 Å². The Balaban J connectivity index is 1.65. The minimum atomic E-state index is -0.370. The van der Waals surface area contributed by atoms with E-state index in [1.807, 2.05) is 36.4 Å². The van der Waals surface area contributed by atoms with Crippen molar-refractivity contribution < 1.29 is 9.90 Å². The van der Waals surface area contributed by atoms with Gasteiger partial charge in [-0.1, -0.05) is 41.9 Å². The Labute approximate surface area is 188 Å². The van der Waals surface area contributed by atoms with E-state index in [1.54, 1.807) is 41.0 Å². The minimum absolute atomic E-state index is 0.0752. The van der Waals surface area contributed by atoms with Gasteiger partial charge in [0.15, 0.2) is 5.65 Å². The average Bonchev–Trinajstić information content (AvgIpc) is 3.07. The Morgan fingerprint density at radius 3 is 2.44 bits per heavy atom. The van der Waals surface area contributed by atoms with Crippen LogP contribution in [0.15, 0.2) is 72.8 Å². The third-order valence-corrected chi connectivity index (χ3v) is 5.43. The maximum atomic E-state index is 13.2. The topological polar surface area (TPSA) is 106 Å². The lowest BCUT2D eigenvalue weighted by Crippen LogP contribution is -2.24. The quantitative estimate of drug-likeness (QED) is 0.380. The molecule has 8 heteroatoms. The fraction of sp³-hybridized carbons (Fsp3) is 0.0417. The van der Waals surface area contributed by atoms with Crippen molar-refractivity contribution in [2.24, 2.45) is 0 Å². The van der Waals surface area contributed by atoms with Crippen molar-refractivity contribution in [2.45, 2.75) is 6.54 Å². The number of halogens is 1. The van der Waals surface area contributed by atoms with Crippen LogP contribution >= 0.6 is 11.6 Å². The molecule has 158 valence electrons. The molecular formula is C24H18ClN5O2. The Morgan fingerprint density at radius 2 is 1.72 bits per heavy atom. The molecule has 2 aromatic heterocycles. The number of anilines is 1. The molecule has 4 N–H and O–H groups in total. The van der Waals surface area contributed by atoms with E-state index in [0.29, 0.717) is 39.5 Å². The molecule has 32 heavy (non-hydrogen) atoms. The molecule has 0 unspecified atom stereocenters. The molecule has 0 aliphatic heterocycles. The number of amides is 1. The lowest BCUT2D eigenvalue weighted by atomic mass is 10.2. The highest BCUT2D eigenvalue weighted by molar-refractivity contribution is 6.30. The number of nitrogens with zero attached hydrogens (tertiary/aromatic N) is 3. The van der Waals surface area contributed by atoms with Crippen molar-refractivity contribution in [1.82, 2.24) is 19.9 Å². The van der Waals surface area contributed by atoms with E-state index in [1.165, 1.54) is 0 Å². The van der Waals surface area contributed by atoms with Crippen LogP contribution in [0.25, 0.3) is 27.9 Å². The van der Waals surface area contributed by atoms with E-state index in [4.69, 9.17) is 27.3 Å². The SMILES string of the molecule is Nc1c(C(=O)NCc2ccc(Cl)cc2)c2nc3ccccc3nc2n1-c1cccc(O)c1. The zero-order chi connectivity index (χ0) is 22.2. The molecular weight excluding hydrogens is 426 g/mol. The molecule has 0 aliphatic rings. The second-order valence-electron chi connectivity index (χ2n) is 7.31. The third kappa shape index (κ3) is 3.48. The van der Waals surface area contributed by atoms with Gasteiger partial charge in [0.2, 0.25) is 0 Å². The van der Waals surface area contributed by atoms with Gasteiger partial charge in [-0.05, 0) is 42.0 Å². The van der Waals surface area contributed by atoms with Gasteiger partial charge in [-0.25, -0.2) is 9.97 Å². The van der Waals surface area contributed by atoms with Crippen molar-refractivity contribution in [2.75, 3.05) is 5.73 Å². The van der Waals surface area contributed by atoms with Crippen molar-refractivity contribution in [1.29, 1.82) is 0 Å². The van der Waals surface area contributed by atoms with Gasteiger partial charge in [0.1, 0.15) is 22.6 Å². The second-order valence-corrected chi connectivity index (χ2v) is 7.75. The first-order valence-corrected chi connectivity index (χ1v) is 10.3. The summed E-state index contributed by atoms with van der Waals surface area (Å²) in [7, 11) is 0. The number of para-hydroxylation sites is 2. The van der Waals surface area contributed by atoms with E-state index < -0.39 is 0 Å². The molecule has 0 spiro atoms. The summed E-state index contributed by atoms with van der Waals surface area (Å²) in [4.78, 5) is 22.6. The van der Waals surface area contributed by atoms with Crippen LogP contribution in [0.1, 0.15) is 15.9 Å². The fourth-order valence-electron chi connectivity index (χ4n) is 3.65. The van der Waals surface area contributed by atoms with Gasteiger partial charge in [0, 0.05) is 17.6 Å². The predicted molar refractivity (Wildman–Crippen MR) is 125 cm³/mol. The van der Waals surface area contributed by atoms with Crippen LogP contribution in [0, 0.1) is 0 Å². The van der Waals surface area contributed by atoms with Gasteiger partial charge in [-0.15, -0.1) is 0 Å². The maximum Gasteiger partial charge on any atom is 0.257 e. The summed E-state index contributed by atoms with van der Waals surface area (Å²) < 4.78 is 1.63. The Bertz CT molecular complexity index is 1480. The molecule has 2 heterocycles. The molecule has 0 radical (unpaired) electrons. The van der Waals surface area contributed by atoms with Crippen LogP contribution in [-0.4, -0.2) is 25.5 Å². The normalized spacial score (nSPS) is 11.2. The number of nitrogens with two attached hydrogens (primary N) is 1. The van der Waals surface area contributed by atoms with Crippen LogP contribution in [-0.2, 0) is 6.54 Å². The summed E-state index contributed by atoms with van der Waals surface area (Å²) in [6.45, 7) is 0.301. The van der Waals surface area contributed by atoms with Crippen molar-refractivity contribution in [3.8, 4) is 11.4 Å². The van der Waals surface area contributed by atoms with E-state index in [-0.39, 0.29) is 23.0 Å². The van der Waals surface area contributed by atoms with Crippen molar-refractivity contribution in [3.63, 3.8) is 0 Å². The first kappa shape index (κ1) is 19.8. The lowest BCUT2D eigenvalue weighted by Gasteiger charge is -2.09. The molecule has 0 saturated carbocycles. The summed E-state index contributed by atoms with van der Waals surface area (Å²) in [6.07, 6.45) is 0. The summed E-state index contributed by atoms with van der Waals surface area (Å²) >= 11 is 5.94. The van der Waals surface area contributed by atoms with Crippen LogP contribution in [0.3, 0.4) is 0 Å². The summed E-state index contributed by atoms with van der Waals surface area (Å²) in [5.74, 6) is -0.105. The Morgan fingerprint density at radius 1 is 1.00 bits per heavy atom. The number of carbonyl (C=O) groups excluding carboxylic acids is 1. The molecule has 0 aliphatic carbocycles. The highest BCUT2D eigenvalue weighted by atomic mass is 35.5. The molecule has 0 atom stereocenters. The monoisotopic (exact) mass is 443 g/mol. The summed E-state index contributed by atoms with van der Waals surface area (Å²) in [5.41, 5.74) is 10.3. The summed E-state index contributed by atoms with van der Waals surface area (Å²) in [5, 5.41) is 13.5. The van der Waals surface area contributed by atoms with E-state index in [9.17, 15) is 9.90 Å². The number of nitrogen functional groups attached to an aromatic ring is 1. The zero-order valence-electron chi connectivity index (χ0n) is 16.8. The highest BCUT2D eigenvalue weighted by Crippen LogP contribution is 2.31. The first-order chi connectivity index (χ1) is 15.5. The minimum Gasteiger partial charge on any atom is -0.508 e. The molecule has 7 nitrogen and oxygen atoms in total. The van der Waals surface area contributed by atoms with Crippen LogP contribution in [0.4, 0.5) is 5.82 Å². The van der Waals surface area contributed by atoms with E-state index >= 15 is 0 Å². The number of hydrogen-bond donors (Lipinski definition) is 3. The van der Waals surface area contributed by atoms with Crippen LogP contribution < -0.4 is 11.1 Å². The number of nitrogens with one attached hydrogen (secondary N) is 1. The number of phenolic OH excluding ortho intramolecular Hbond substituents is 1. The van der Waals surface area contributed by atoms with Crippen LogP contribution in [0.5, 0.6) is 5.75 Å². The molecule has 0 bridgehead atoms. The number of phenols is 1. The summed E-state index contributed by atoms with van der Waals surface area (Å²) in [6, 6.07) is 21.2. The number of aromatic nitrogens is 3. The number of hydrogen-bond acceptors (Lipinski definition) is 5. The van der Waals surface area contributed by atoms with Gasteiger partial charge >= 0.3 is 0 Å². The van der Waals surface area contributed by atoms with E-state index in [2.05, 4.69) is 5.32 Å². The van der Waals surface area contributed by atoms with Crippen LogP contribution in [0.2, 0.25) is 5.02 Å². The van der Waals surface area contributed by atoms with Gasteiger partial charge < -0.3 is 16.2 Å². The van der Waals surface area contributed by atoms with E-state index in [0.717, 1.165) is 5.56 Å². The van der Waals surface area contributed by atoms with Gasteiger partial charge in [-0.3, -0.25) is 9.36 Å². The Kier molecular flexibility index (Phi) is 4.88. The first-order valence-electron chi connectivity index (χ1n) is 9.90. The standard InChI is InChI=1S/C24H18ClN5O2/c25-15-10-8-14(9-11-15)13-27-24(32)20-21-23(29-19-7-2-1-6-18(19)28-21)30(22(20)26)16-4-3-5-17(31)12-16/h1-12,31H,13,26H2,(H,27,32). The predicted octanol–water partition coefficient (Wildman–Crippen LogP) is 4.44. The maximum absolute atomic E-state index is 13.2. The highest BCUT2D eigenvalue weighted by Gasteiger charge is 2.24. The smallest absolute Gasteiger partial charge is 0.257 e. The largest absolute Gasteiger partial charge is 0.508 e. The number of rotatable bonds is 4. The third-order valence-electron chi connectivity index (χ3n) is 5.18.